The molecule has 0 aliphatic heterocycles. The van der Waals surface area contributed by atoms with Gasteiger partial charge in [0.15, 0.2) is 0 Å². The van der Waals surface area contributed by atoms with Gasteiger partial charge in [-0.15, -0.1) is 11.3 Å². The van der Waals surface area contributed by atoms with E-state index in [0.717, 1.165) is 21.5 Å². The molecule has 3 rings (SSSR count). The molecule has 2 aromatic heterocycles. The molecule has 0 aliphatic carbocycles. The first kappa shape index (κ1) is 10.5. The molecule has 3 nitrogen and oxygen atoms in total. The minimum atomic E-state index is -0.638. The number of hydrogen-bond acceptors (Lipinski definition) is 3. The van der Waals surface area contributed by atoms with Gasteiger partial charge in [0.1, 0.15) is 11.8 Å². The molecule has 1 unspecified atom stereocenters. The lowest BCUT2D eigenvalue weighted by molar-refractivity contribution is 0.219. The number of benzene rings is 1. The van der Waals surface area contributed by atoms with Gasteiger partial charge in [-0.1, -0.05) is 24.3 Å². The quantitative estimate of drug-likeness (QED) is 0.752. The lowest BCUT2D eigenvalue weighted by Gasteiger charge is -2.04. The van der Waals surface area contributed by atoms with Gasteiger partial charge in [-0.3, -0.25) is 4.68 Å². The Kier molecular flexibility index (Phi) is 2.46. The van der Waals surface area contributed by atoms with Crippen LogP contribution in [0.2, 0.25) is 0 Å². The number of fused-ring (bicyclic) bond motifs is 1. The topological polar surface area (TPSA) is 38.0 Å². The van der Waals surface area contributed by atoms with Crippen LogP contribution in [0.5, 0.6) is 0 Å². The van der Waals surface area contributed by atoms with E-state index >= 15 is 0 Å². The van der Waals surface area contributed by atoms with Crippen LogP contribution < -0.4 is 0 Å². The fourth-order valence-corrected chi connectivity index (χ4v) is 2.74. The Labute approximate surface area is 103 Å². The maximum Gasteiger partial charge on any atom is 0.133 e. The highest BCUT2D eigenvalue weighted by atomic mass is 32.1. The van der Waals surface area contributed by atoms with E-state index in [-0.39, 0.29) is 0 Å². The van der Waals surface area contributed by atoms with E-state index in [1.807, 2.05) is 53.5 Å². The molecular weight excluding hydrogens is 232 g/mol. The fraction of sp³-hybridized carbons (Fsp3) is 0.154. The summed E-state index contributed by atoms with van der Waals surface area (Å²) in [5.74, 6) is 0. The predicted octanol–water partition coefficient (Wildman–Crippen LogP) is 2.72. The summed E-state index contributed by atoms with van der Waals surface area (Å²) in [7, 11) is 1.90. The summed E-state index contributed by atoms with van der Waals surface area (Å²) in [6.07, 6.45) is -0.638. The number of thiophene rings is 1. The Morgan fingerprint density at radius 2 is 2.06 bits per heavy atom. The van der Waals surface area contributed by atoms with Gasteiger partial charge >= 0.3 is 0 Å². The summed E-state index contributed by atoms with van der Waals surface area (Å²) in [6.45, 7) is 0. The molecule has 0 radical (unpaired) electrons. The molecule has 0 fully saturated rings. The highest BCUT2D eigenvalue weighted by Gasteiger charge is 2.18. The summed E-state index contributed by atoms with van der Waals surface area (Å²) in [4.78, 5) is 0.925. The summed E-state index contributed by atoms with van der Waals surface area (Å²) < 4.78 is 1.81. The molecule has 0 spiro atoms. The fourth-order valence-electron chi connectivity index (χ4n) is 2.03. The zero-order chi connectivity index (χ0) is 11.8. The van der Waals surface area contributed by atoms with Crippen molar-refractivity contribution in [3.8, 4) is 0 Å². The highest BCUT2D eigenvalue weighted by molar-refractivity contribution is 7.10. The normalized spacial score (nSPS) is 13.1. The third-order valence-electron chi connectivity index (χ3n) is 2.86. The van der Waals surface area contributed by atoms with E-state index in [4.69, 9.17) is 0 Å². The van der Waals surface area contributed by atoms with Gasteiger partial charge < -0.3 is 5.11 Å². The van der Waals surface area contributed by atoms with E-state index in [1.165, 1.54) is 0 Å². The minimum Gasteiger partial charge on any atom is -0.381 e. The molecule has 0 amide bonds. The van der Waals surface area contributed by atoms with Crippen LogP contribution in [0.15, 0.2) is 41.8 Å². The number of para-hydroxylation sites is 1. The molecule has 0 bridgehead atoms. The van der Waals surface area contributed by atoms with Crippen LogP contribution >= 0.6 is 11.3 Å². The molecule has 1 N–H and O–H groups in total. The monoisotopic (exact) mass is 244 g/mol. The summed E-state index contributed by atoms with van der Waals surface area (Å²) >= 11 is 1.54. The highest BCUT2D eigenvalue weighted by Crippen LogP contribution is 2.29. The van der Waals surface area contributed by atoms with Crippen molar-refractivity contribution < 1.29 is 5.11 Å². The number of nitrogens with zero attached hydrogens (tertiary/aromatic N) is 2. The third kappa shape index (κ3) is 1.66. The standard InChI is InChI=1S/C13H12N2OS/c1-15-10-6-3-2-5-9(10)12(14-15)13(16)11-7-4-8-17-11/h2-8,13,16H,1H3. The molecule has 86 valence electrons. The largest absolute Gasteiger partial charge is 0.381 e. The Bertz CT molecular complexity index is 643. The lowest BCUT2D eigenvalue weighted by Crippen LogP contribution is -1.99. The summed E-state index contributed by atoms with van der Waals surface area (Å²) in [5, 5.41) is 17.7. The lowest BCUT2D eigenvalue weighted by atomic mass is 10.1. The molecule has 0 saturated carbocycles. The first-order valence-electron chi connectivity index (χ1n) is 5.40. The number of aliphatic hydroxyl groups excluding tert-OH is 1. The summed E-state index contributed by atoms with van der Waals surface area (Å²) in [5.41, 5.74) is 1.77. The number of aliphatic hydroxyl groups is 1. The third-order valence-corrected chi connectivity index (χ3v) is 3.78. The van der Waals surface area contributed by atoms with E-state index in [9.17, 15) is 5.11 Å². The maximum absolute atomic E-state index is 10.3. The van der Waals surface area contributed by atoms with Gasteiger partial charge in [0.05, 0.1) is 5.52 Å². The van der Waals surface area contributed by atoms with Crippen molar-refractivity contribution in [3.05, 3.63) is 52.3 Å². The second kappa shape index (κ2) is 3.98. The number of aromatic nitrogens is 2. The van der Waals surface area contributed by atoms with Crippen molar-refractivity contribution in [1.29, 1.82) is 0 Å². The van der Waals surface area contributed by atoms with E-state index in [0.29, 0.717) is 0 Å². The number of rotatable bonds is 2. The Morgan fingerprint density at radius 3 is 2.82 bits per heavy atom. The van der Waals surface area contributed by atoms with Crippen LogP contribution in [0, 0.1) is 0 Å². The Morgan fingerprint density at radius 1 is 1.24 bits per heavy atom. The molecule has 0 saturated heterocycles. The van der Waals surface area contributed by atoms with Crippen molar-refractivity contribution in [1.82, 2.24) is 9.78 Å². The molecule has 1 aromatic carbocycles. The van der Waals surface area contributed by atoms with E-state index < -0.39 is 6.10 Å². The SMILES string of the molecule is Cn1nc(C(O)c2cccs2)c2ccccc21. The van der Waals surface area contributed by atoms with Gasteiger partial charge in [0.2, 0.25) is 0 Å². The van der Waals surface area contributed by atoms with Crippen molar-refractivity contribution in [2.45, 2.75) is 6.10 Å². The van der Waals surface area contributed by atoms with Crippen molar-refractivity contribution in [2.24, 2.45) is 7.05 Å². The Balaban J connectivity index is 2.18. The second-order valence-corrected chi connectivity index (χ2v) is 4.92. The smallest absolute Gasteiger partial charge is 0.133 e. The van der Waals surface area contributed by atoms with Crippen molar-refractivity contribution in [2.75, 3.05) is 0 Å². The summed E-state index contributed by atoms with van der Waals surface area (Å²) in [6, 6.07) is 11.8. The van der Waals surface area contributed by atoms with Gasteiger partial charge in [-0.05, 0) is 17.5 Å². The van der Waals surface area contributed by atoms with Crippen LogP contribution in [0.3, 0.4) is 0 Å². The molecule has 1 atom stereocenters. The van der Waals surface area contributed by atoms with Gasteiger partial charge in [0.25, 0.3) is 0 Å². The van der Waals surface area contributed by atoms with Crippen LogP contribution in [0.1, 0.15) is 16.7 Å². The second-order valence-electron chi connectivity index (χ2n) is 3.94. The molecule has 0 aliphatic rings. The average molecular weight is 244 g/mol. The van der Waals surface area contributed by atoms with Gasteiger partial charge in [-0.2, -0.15) is 5.10 Å². The maximum atomic E-state index is 10.3. The molecule has 17 heavy (non-hydrogen) atoms. The molecule has 3 aromatic rings. The number of hydrogen-bond donors (Lipinski definition) is 1. The number of aryl methyl sites for hydroxylation is 1. The first-order valence-corrected chi connectivity index (χ1v) is 6.28. The zero-order valence-electron chi connectivity index (χ0n) is 9.37. The van der Waals surface area contributed by atoms with Crippen LogP contribution in [0.4, 0.5) is 0 Å². The van der Waals surface area contributed by atoms with E-state index in [2.05, 4.69) is 5.10 Å². The van der Waals surface area contributed by atoms with Gasteiger partial charge in [0, 0.05) is 17.3 Å². The van der Waals surface area contributed by atoms with Crippen molar-refractivity contribution >= 4 is 22.2 Å². The van der Waals surface area contributed by atoms with Gasteiger partial charge in [-0.25, -0.2) is 0 Å². The Hall–Kier alpha value is -1.65. The van der Waals surface area contributed by atoms with Crippen LogP contribution in [0.25, 0.3) is 10.9 Å². The van der Waals surface area contributed by atoms with Crippen molar-refractivity contribution in [3.63, 3.8) is 0 Å². The molecule has 4 heteroatoms. The zero-order valence-corrected chi connectivity index (χ0v) is 10.2. The van der Waals surface area contributed by atoms with Crippen LogP contribution in [-0.4, -0.2) is 14.9 Å². The average Bonchev–Trinajstić information content (AvgIpc) is 2.97. The first-order chi connectivity index (χ1) is 8.27. The molecular formula is C13H12N2OS. The van der Waals surface area contributed by atoms with Crippen LogP contribution in [-0.2, 0) is 7.05 Å². The van der Waals surface area contributed by atoms with E-state index in [1.54, 1.807) is 11.3 Å². The minimum absolute atomic E-state index is 0.638. The molecule has 2 heterocycles. The predicted molar refractivity (Wildman–Crippen MR) is 69.1 cm³/mol.